The fraction of sp³-hybridized carbons (Fsp3) is 0.483. The molecule has 3 aliphatic rings. The highest BCUT2D eigenvalue weighted by Gasteiger charge is 2.73. The van der Waals surface area contributed by atoms with Crippen LogP contribution in [0.3, 0.4) is 0 Å². The Bertz CT molecular complexity index is 1170. The van der Waals surface area contributed by atoms with Crippen molar-refractivity contribution in [3.63, 3.8) is 0 Å². The first kappa shape index (κ1) is 26.6. The molecule has 38 heavy (non-hydrogen) atoms. The summed E-state index contributed by atoms with van der Waals surface area (Å²) >= 11 is 1.64. The molecule has 3 amide bonds. The van der Waals surface area contributed by atoms with E-state index in [1.54, 1.807) is 16.7 Å². The van der Waals surface area contributed by atoms with Crippen LogP contribution in [-0.2, 0) is 14.4 Å². The van der Waals surface area contributed by atoms with E-state index in [4.69, 9.17) is 0 Å². The SMILES string of the molecule is CCN(CC)c1ccc(NC(=O)C2N(CCCO)C(=O)[C@@H]3[C@@H](C(=O)Nc4ccccc4)[C@H]4CCC23S4)cc1. The number of thioether (sulfide) groups is 1. The molecule has 5 rings (SSSR count). The van der Waals surface area contributed by atoms with Gasteiger partial charge in [-0.2, -0.15) is 0 Å². The van der Waals surface area contributed by atoms with Gasteiger partial charge in [0.15, 0.2) is 0 Å². The van der Waals surface area contributed by atoms with E-state index in [-0.39, 0.29) is 36.1 Å². The molecule has 0 saturated carbocycles. The van der Waals surface area contributed by atoms with Crippen LogP contribution in [0.25, 0.3) is 0 Å². The standard InChI is InChI=1S/C29H36N4O4S/c1-3-32(4-2)21-13-11-20(12-14-21)31-27(36)25-29-16-15-22(38-29)23(24(29)28(37)33(25)17-8-18-34)26(35)30-19-9-6-5-7-10-19/h5-7,9-14,22-25,34H,3-4,8,15-18H2,1-2H3,(H,30,35)(H,31,36)/t22-,23+,24+,25?,29?/m1/s1. The number of amides is 3. The number of carbonyl (C=O) groups is 3. The molecule has 5 atom stereocenters. The maximum absolute atomic E-state index is 13.9. The molecule has 3 fully saturated rings. The number of aliphatic hydroxyl groups excluding tert-OH is 1. The fourth-order valence-electron chi connectivity index (χ4n) is 6.54. The molecule has 202 valence electrons. The Balaban J connectivity index is 1.40. The van der Waals surface area contributed by atoms with Gasteiger partial charge in [0.1, 0.15) is 6.04 Å². The van der Waals surface area contributed by atoms with Crippen LogP contribution < -0.4 is 15.5 Å². The Morgan fingerprint density at radius 3 is 2.34 bits per heavy atom. The lowest BCUT2D eigenvalue weighted by molar-refractivity contribution is -0.138. The summed E-state index contributed by atoms with van der Waals surface area (Å²) in [5.41, 5.74) is 2.46. The van der Waals surface area contributed by atoms with Crippen LogP contribution in [0.5, 0.6) is 0 Å². The second kappa shape index (κ2) is 11.0. The number of likely N-dealkylation sites (tertiary alicyclic amines) is 1. The number of hydrogen-bond acceptors (Lipinski definition) is 6. The first-order chi connectivity index (χ1) is 18.4. The van der Waals surface area contributed by atoms with Crippen LogP contribution in [0, 0.1) is 11.8 Å². The van der Waals surface area contributed by atoms with Gasteiger partial charge in [-0.25, -0.2) is 0 Å². The average Bonchev–Trinajstić information content (AvgIpc) is 3.57. The van der Waals surface area contributed by atoms with Crippen LogP contribution in [0.1, 0.15) is 33.1 Å². The largest absolute Gasteiger partial charge is 0.396 e. The Kier molecular flexibility index (Phi) is 7.68. The third kappa shape index (κ3) is 4.56. The number of aliphatic hydroxyl groups is 1. The van der Waals surface area contributed by atoms with Gasteiger partial charge in [-0.1, -0.05) is 18.2 Å². The lowest BCUT2D eigenvalue weighted by atomic mass is 9.70. The molecule has 2 unspecified atom stereocenters. The van der Waals surface area contributed by atoms with Crippen molar-refractivity contribution in [2.45, 2.75) is 49.1 Å². The third-order valence-electron chi connectivity index (χ3n) is 8.21. The van der Waals surface area contributed by atoms with Gasteiger partial charge in [0, 0.05) is 48.6 Å². The number of nitrogens with one attached hydrogen (secondary N) is 2. The molecule has 0 radical (unpaired) electrons. The molecule has 8 nitrogen and oxygen atoms in total. The van der Waals surface area contributed by atoms with E-state index in [2.05, 4.69) is 29.4 Å². The Labute approximate surface area is 228 Å². The Morgan fingerprint density at radius 1 is 1.03 bits per heavy atom. The van der Waals surface area contributed by atoms with Crippen molar-refractivity contribution in [3.8, 4) is 0 Å². The van der Waals surface area contributed by atoms with Crippen molar-refractivity contribution in [1.29, 1.82) is 0 Å². The zero-order valence-electron chi connectivity index (χ0n) is 21.9. The molecular formula is C29H36N4O4S. The van der Waals surface area contributed by atoms with Gasteiger partial charge < -0.3 is 25.5 Å². The van der Waals surface area contributed by atoms with E-state index in [0.717, 1.165) is 25.2 Å². The molecule has 3 aliphatic heterocycles. The van der Waals surface area contributed by atoms with E-state index in [9.17, 15) is 19.5 Å². The van der Waals surface area contributed by atoms with Crippen LogP contribution in [0.15, 0.2) is 54.6 Å². The summed E-state index contributed by atoms with van der Waals surface area (Å²) in [6.07, 6.45) is 1.88. The van der Waals surface area contributed by atoms with Crippen molar-refractivity contribution >= 4 is 46.5 Å². The molecule has 9 heteroatoms. The minimum Gasteiger partial charge on any atom is -0.396 e. The van der Waals surface area contributed by atoms with Gasteiger partial charge >= 0.3 is 0 Å². The number of nitrogens with zero attached hydrogens (tertiary/aromatic N) is 2. The molecule has 3 heterocycles. The lowest BCUT2D eigenvalue weighted by Crippen LogP contribution is -2.51. The van der Waals surface area contributed by atoms with E-state index in [1.165, 1.54) is 0 Å². The summed E-state index contributed by atoms with van der Waals surface area (Å²) in [6, 6.07) is 16.4. The van der Waals surface area contributed by atoms with Crippen LogP contribution in [0.4, 0.5) is 17.1 Å². The normalized spacial score (nSPS) is 27.3. The topological polar surface area (TPSA) is 102 Å². The quantitative estimate of drug-likeness (QED) is 0.429. The average molecular weight is 537 g/mol. The van der Waals surface area contributed by atoms with E-state index >= 15 is 0 Å². The van der Waals surface area contributed by atoms with E-state index in [0.29, 0.717) is 24.2 Å². The van der Waals surface area contributed by atoms with Crippen molar-refractivity contribution in [3.05, 3.63) is 54.6 Å². The van der Waals surface area contributed by atoms with Crippen molar-refractivity contribution in [1.82, 2.24) is 4.90 Å². The highest BCUT2D eigenvalue weighted by atomic mass is 32.2. The lowest BCUT2D eigenvalue weighted by Gasteiger charge is -2.34. The first-order valence-electron chi connectivity index (χ1n) is 13.5. The number of fused-ring (bicyclic) bond motifs is 1. The van der Waals surface area contributed by atoms with Crippen LogP contribution in [0.2, 0.25) is 0 Å². The highest BCUT2D eigenvalue weighted by molar-refractivity contribution is 8.02. The van der Waals surface area contributed by atoms with Gasteiger partial charge in [0.2, 0.25) is 17.7 Å². The van der Waals surface area contributed by atoms with Crippen LogP contribution >= 0.6 is 11.8 Å². The fourth-order valence-corrected chi connectivity index (χ4v) is 8.76. The minimum atomic E-state index is -0.696. The third-order valence-corrected chi connectivity index (χ3v) is 10.2. The van der Waals surface area contributed by atoms with Gasteiger partial charge in [-0.3, -0.25) is 14.4 Å². The summed E-state index contributed by atoms with van der Waals surface area (Å²) in [5, 5.41) is 15.6. The van der Waals surface area contributed by atoms with Crippen LogP contribution in [-0.4, -0.2) is 70.0 Å². The maximum Gasteiger partial charge on any atom is 0.248 e. The summed E-state index contributed by atoms with van der Waals surface area (Å²) in [5.74, 6) is -1.60. The smallest absolute Gasteiger partial charge is 0.248 e. The van der Waals surface area contributed by atoms with Gasteiger partial charge in [-0.05, 0) is 69.5 Å². The molecule has 0 aromatic heterocycles. The molecule has 2 bridgehead atoms. The predicted octanol–water partition coefficient (Wildman–Crippen LogP) is 3.58. The molecular weight excluding hydrogens is 500 g/mol. The number of carbonyl (C=O) groups excluding carboxylic acids is 3. The Morgan fingerprint density at radius 2 is 1.68 bits per heavy atom. The zero-order chi connectivity index (χ0) is 26.9. The summed E-state index contributed by atoms with van der Waals surface area (Å²) in [7, 11) is 0. The minimum absolute atomic E-state index is 0.00342. The van der Waals surface area contributed by atoms with Gasteiger partial charge in [-0.15, -0.1) is 11.8 Å². The second-order valence-electron chi connectivity index (χ2n) is 10.2. The number of para-hydroxylation sites is 1. The first-order valence-corrected chi connectivity index (χ1v) is 14.4. The second-order valence-corrected chi connectivity index (χ2v) is 11.8. The van der Waals surface area contributed by atoms with Crippen molar-refractivity contribution in [2.24, 2.45) is 11.8 Å². The predicted molar refractivity (Wildman–Crippen MR) is 151 cm³/mol. The van der Waals surface area contributed by atoms with Crippen molar-refractivity contribution in [2.75, 3.05) is 41.8 Å². The summed E-state index contributed by atoms with van der Waals surface area (Å²) in [6.45, 7) is 6.21. The number of hydrogen-bond donors (Lipinski definition) is 3. The van der Waals surface area contributed by atoms with E-state index in [1.807, 2.05) is 54.6 Å². The summed E-state index contributed by atoms with van der Waals surface area (Å²) in [4.78, 5) is 45.1. The zero-order valence-corrected chi connectivity index (χ0v) is 22.7. The highest BCUT2D eigenvalue weighted by Crippen LogP contribution is 2.66. The molecule has 1 spiro atoms. The van der Waals surface area contributed by atoms with Crippen molar-refractivity contribution < 1.29 is 19.5 Å². The maximum atomic E-state index is 13.9. The van der Waals surface area contributed by atoms with E-state index < -0.39 is 22.6 Å². The molecule has 2 aromatic rings. The molecule has 3 saturated heterocycles. The molecule has 2 aromatic carbocycles. The molecule has 0 aliphatic carbocycles. The summed E-state index contributed by atoms with van der Waals surface area (Å²) < 4.78 is -0.652. The number of anilines is 3. The van der Waals surface area contributed by atoms with Gasteiger partial charge in [0.25, 0.3) is 0 Å². The Hall–Kier alpha value is -3.04. The van der Waals surface area contributed by atoms with Gasteiger partial charge in [0.05, 0.1) is 16.6 Å². The monoisotopic (exact) mass is 536 g/mol. The molecule has 3 N–H and O–H groups in total. The number of benzene rings is 2. The number of rotatable bonds is 10.